The summed E-state index contributed by atoms with van der Waals surface area (Å²) in [7, 11) is 0. The second-order valence-electron chi connectivity index (χ2n) is 14.0. The van der Waals surface area contributed by atoms with Gasteiger partial charge in [0.15, 0.2) is 6.29 Å². The summed E-state index contributed by atoms with van der Waals surface area (Å²) in [6.07, 6.45) is -8.66. The van der Waals surface area contributed by atoms with Crippen molar-refractivity contribution in [2.45, 2.75) is 113 Å². The molecular weight excluding hydrogens is 764 g/mol. The first kappa shape index (κ1) is 43.8. The molecule has 0 aliphatic carbocycles. The van der Waals surface area contributed by atoms with Crippen molar-refractivity contribution in [1.82, 2.24) is 4.98 Å². The van der Waals surface area contributed by atoms with Crippen LogP contribution in [-0.2, 0) is 62.6 Å². The van der Waals surface area contributed by atoms with Gasteiger partial charge in [-0.1, -0.05) is 97.1 Å². The number of aromatic nitrogens is 1. The first-order chi connectivity index (χ1) is 27.3. The number of hydrogen-bond acceptors (Lipinski definition) is 11. The highest BCUT2D eigenvalue weighted by Crippen LogP contribution is 2.42. The number of carbonyl (C=O) groups is 2. The fourth-order valence-electron chi connectivity index (χ4n) is 6.27. The Kier molecular flexibility index (Phi) is 15.7. The molecule has 0 spiro atoms. The summed E-state index contributed by atoms with van der Waals surface area (Å²) in [5.41, 5.74) is 1.78. The quantitative estimate of drug-likeness (QED) is 0.0516. The van der Waals surface area contributed by atoms with Crippen LogP contribution in [0, 0.1) is 0 Å². The van der Waals surface area contributed by atoms with Crippen LogP contribution in [0.5, 0.6) is 0 Å². The van der Waals surface area contributed by atoms with Gasteiger partial charge in [0.25, 0.3) is 4.93 Å². The number of thioether (sulfide) groups is 1. The Morgan fingerprint density at radius 1 is 0.807 bits per heavy atom. The number of carbonyl (C=O) groups excluding carboxylic acids is 2. The van der Waals surface area contributed by atoms with Crippen molar-refractivity contribution < 1.29 is 55.9 Å². The van der Waals surface area contributed by atoms with Gasteiger partial charge in [0, 0.05) is 19.0 Å². The van der Waals surface area contributed by atoms with E-state index < -0.39 is 65.8 Å². The van der Waals surface area contributed by atoms with Gasteiger partial charge < -0.3 is 33.2 Å². The molecule has 5 rings (SSSR count). The van der Waals surface area contributed by atoms with Crippen molar-refractivity contribution in [1.29, 1.82) is 0 Å². The summed E-state index contributed by atoms with van der Waals surface area (Å²) in [6, 6.07) is 33.6. The first-order valence-electron chi connectivity index (χ1n) is 18.7. The van der Waals surface area contributed by atoms with Gasteiger partial charge in [-0.15, -0.1) is 0 Å². The van der Waals surface area contributed by atoms with Crippen LogP contribution >= 0.6 is 11.8 Å². The summed E-state index contributed by atoms with van der Waals surface area (Å²) < 4.78 is 84.2. The van der Waals surface area contributed by atoms with E-state index in [2.05, 4.69) is 4.98 Å². The van der Waals surface area contributed by atoms with Crippen LogP contribution in [0.25, 0.3) is 0 Å². The van der Waals surface area contributed by atoms with E-state index in [1.807, 2.05) is 105 Å². The third-order valence-electron chi connectivity index (χ3n) is 9.04. The molecule has 0 radical (unpaired) electrons. The van der Waals surface area contributed by atoms with Crippen LogP contribution in [0.15, 0.2) is 120 Å². The molecule has 306 valence electrons. The molecule has 6 atom stereocenters. The highest BCUT2D eigenvalue weighted by atomic mass is 32.2. The summed E-state index contributed by atoms with van der Waals surface area (Å²) in [5.74, 6) is -3.77. The van der Waals surface area contributed by atoms with E-state index in [-0.39, 0.29) is 37.9 Å². The lowest BCUT2D eigenvalue weighted by Gasteiger charge is -2.47. The minimum absolute atomic E-state index is 0.117. The summed E-state index contributed by atoms with van der Waals surface area (Å²) in [5, 5.41) is 0.117. The van der Waals surface area contributed by atoms with Crippen molar-refractivity contribution in [3.05, 3.63) is 132 Å². The Morgan fingerprint density at radius 3 is 1.91 bits per heavy atom. The highest BCUT2D eigenvalue weighted by molar-refractivity contribution is 8.01. The predicted molar refractivity (Wildman–Crippen MR) is 205 cm³/mol. The molecule has 57 heavy (non-hydrogen) atoms. The van der Waals surface area contributed by atoms with Gasteiger partial charge in [0.05, 0.1) is 44.2 Å². The van der Waals surface area contributed by atoms with Crippen molar-refractivity contribution in [3.8, 4) is 0 Å². The standard InChI is InChI=1S/C43H48F3NO9S/c1-5-50-39(48)42(56-40(49)43(44,45)46,57-35-23-15-16-24-47-35)26-30(2)54-36-25-34(51-27-31-17-9-6-10-18-31)37(52-28-32-19-11-7-12-20-32)38(55-36)41(3,4)53-29-33-21-13-8-14-22-33/h6-24,30,34,36-38H,5,25-29H2,1-4H3/t30-,34-,36+,37+,38+,42?/m1/s1. The number of hydrogen-bond donors (Lipinski definition) is 0. The molecule has 1 aromatic heterocycles. The molecule has 3 aromatic carbocycles. The molecule has 0 saturated carbocycles. The fourth-order valence-corrected chi connectivity index (χ4v) is 7.45. The lowest BCUT2D eigenvalue weighted by atomic mass is 9.89. The minimum atomic E-state index is -5.41. The van der Waals surface area contributed by atoms with Crippen molar-refractivity contribution in [3.63, 3.8) is 0 Å². The van der Waals surface area contributed by atoms with Crippen molar-refractivity contribution in [2.24, 2.45) is 0 Å². The summed E-state index contributed by atoms with van der Waals surface area (Å²) in [4.78, 5) is 27.6. The monoisotopic (exact) mass is 811 g/mol. The molecule has 0 bridgehead atoms. The van der Waals surface area contributed by atoms with Gasteiger partial charge >= 0.3 is 18.1 Å². The van der Waals surface area contributed by atoms with Gasteiger partial charge in [-0.2, -0.15) is 13.2 Å². The number of ether oxygens (including phenoxy) is 7. The number of benzene rings is 3. The largest absolute Gasteiger partial charge is 0.490 e. The third kappa shape index (κ3) is 12.8. The number of alkyl halides is 3. The smallest absolute Gasteiger partial charge is 0.462 e. The number of rotatable bonds is 19. The van der Waals surface area contributed by atoms with Crippen LogP contribution < -0.4 is 0 Å². The number of nitrogens with zero attached hydrogens (tertiary/aromatic N) is 1. The topological polar surface area (TPSA) is 112 Å². The zero-order chi connectivity index (χ0) is 40.9. The Morgan fingerprint density at radius 2 is 1.37 bits per heavy atom. The highest BCUT2D eigenvalue weighted by Gasteiger charge is 2.54. The average Bonchev–Trinajstić information content (AvgIpc) is 3.20. The fraction of sp³-hybridized carbons (Fsp3) is 0.419. The van der Waals surface area contributed by atoms with Gasteiger partial charge in [0.1, 0.15) is 17.2 Å². The Bertz CT molecular complexity index is 1820. The average molecular weight is 812 g/mol. The molecule has 1 unspecified atom stereocenters. The molecule has 0 N–H and O–H groups in total. The Labute approximate surface area is 335 Å². The van der Waals surface area contributed by atoms with Gasteiger partial charge in [-0.3, -0.25) is 0 Å². The van der Waals surface area contributed by atoms with Gasteiger partial charge in [-0.05, 0) is 68.3 Å². The molecule has 1 saturated heterocycles. The molecule has 1 aliphatic rings. The molecule has 10 nitrogen and oxygen atoms in total. The molecule has 0 amide bonds. The molecule has 1 aliphatic heterocycles. The van der Waals surface area contributed by atoms with E-state index in [0.29, 0.717) is 11.8 Å². The SMILES string of the molecule is CCOC(=O)C(C[C@@H](C)O[C@@H]1C[C@@H](OCc2ccccc2)[C@H](OCc2ccccc2)[C@@H](C(C)(C)OCc2ccccc2)O1)(OC(=O)C(F)(F)F)Sc1ccccn1. The van der Waals surface area contributed by atoms with Crippen LogP contribution in [0.1, 0.15) is 57.2 Å². The van der Waals surface area contributed by atoms with E-state index in [4.69, 9.17) is 33.2 Å². The van der Waals surface area contributed by atoms with E-state index >= 15 is 0 Å². The van der Waals surface area contributed by atoms with E-state index in [1.54, 1.807) is 19.1 Å². The molecule has 1 fully saturated rings. The zero-order valence-corrected chi connectivity index (χ0v) is 33.1. The number of esters is 2. The van der Waals surface area contributed by atoms with Gasteiger partial charge in [-0.25, -0.2) is 14.6 Å². The molecule has 2 heterocycles. The van der Waals surface area contributed by atoms with Crippen molar-refractivity contribution in [2.75, 3.05) is 6.61 Å². The maximum Gasteiger partial charge on any atom is 0.490 e. The predicted octanol–water partition coefficient (Wildman–Crippen LogP) is 8.62. The van der Waals surface area contributed by atoms with Crippen LogP contribution in [0.3, 0.4) is 0 Å². The van der Waals surface area contributed by atoms with E-state index in [9.17, 15) is 22.8 Å². The molecular formula is C43H48F3NO9S. The van der Waals surface area contributed by atoms with Gasteiger partial charge in [0.2, 0.25) is 0 Å². The summed E-state index contributed by atoms with van der Waals surface area (Å²) >= 11 is 0.525. The second kappa shape index (κ2) is 20.4. The second-order valence-corrected chi connectivity index (χ2v) is 15.3. The Hall–Kier alpha value is -4.31. The normalized spacial score (nSPS) is 20.3. The van der Waals surface area contributed by atoms with E-state index in [0.717, 1.165) is 16.7 Å². The maximum absolute atomic E-state index is 13.7. The third-order valence-corrected chi connectivity index (χ3v) is 10.2. The lowest BCUT2D eigenvalue weighted by Crippen LogP contribution is -2.60. The number of pyridine rings is 1. The molecule has 14 heteroatoms. The van der Waals surface area contributed by atoms with Crippen LogP contribution in [0.4, 0.5) is 13.2 Å². The van der Waals surface area contributed by atoms with Crippen LogP contribution in [0.2, 0.25) is 0 Å². The van der Waals surface area contributed by atoms with Crippen molar-refractivity contribution >= 4 is 23.7 Å². The van der Waals surface area contributed by atoms with E-state index in [1.165, 1.54) is 19.2 Å². The molecule has 4 aromatic rings. The Balaban J connectivity index is 1.46. The first-order valence-corrected chi connectivity index (χ1v) is 19.5. The maximum atomic E-state index is 13.7. The zero-order valence-electron chi connectivity index (χ0n) is 32.3. The lowest BCUT2D eigenvalue weighted by molar-refractivity contribution is -0.314. The minimum Gasteiger partial charge on any atom is -0.462 e. The van der Waals surface area contributed by atoms with Crippen LogP contribution in [-0.4, -0.2) is 70.9 Å². The summed E-state index contributed by atoms with van der Waals surface area (Å²) in [6.45, 7) is 7.33. The number of halogens is 3.